The Kier molecular flexibility index (Phi) is 11.1. The highest BCUT2D eigenvalue weighted by Gasteiger charge is 2.53. The summed E-state index contributed by atoms with van der Waals surface area (Å²) in [7, 11) is 2.99. The van der Waals surface area contributed by atoms with E-state index in [0.29, 0.717) is 6.54 Å². The third-order valence-electron chi connectivity index (χ3n) is 6.03. The van der Waals surface area contributed by atoms with Gasteiger partial charge in [0.15, 0.2) is 23.7 Å². The lowest BCUT2D eigenvalue weighted by atomic mass is 9.98. The van der Waals surface area contributed by atoms with Crippen LogP contribution in [0.15, 0.2) is 18.2 Å². The maximum absolute atomic E-state index is 12.3. The van der Waals surface area contributed by atoms with Crippen molar-refractivity contribution in [1.82, 2.24) is 10.2 Å². The van der Waals surface area contributed by atoms with Gasteiger partial charge in [-0.2, -0.15) is 0 Å². The summed E-state index contributed by atoms with van der Waals surface area (Å²) in [6.45, 7) is 4.77. The van der Waals surface area contributed by atoms with Crippen LogP contribution in [-0.2, 0) is 42.9 Å². The number of urea groups is 1. The van der Waals surface area contributed by atoms with E-state index in [4.69, 9.17) is 33.2 Å². The normalized spacial score (nSPS) is 25.5. The molecular formula is C26H34N2O12S. The second kappa shape index (κ2) is 14.3. The molecule has 0 radical (unpaired) electrons. The third-order valence-corrected chi connectivity index (χ3v) is 7.29. The maximum atomic E-state index is 12.3. The number of hydrogen-bond acceptors (Lipinski definition) is 13. The Morgan fingerprint density at radius 3 is 2.15 bits per heavy atom. The van der Waals surface area contributed by atoms with Gasteiger partial charge in [-0.1, -0.05) is 6.07 Å². The molecule has 0 aromatic heterocycles. The van der Waals surface area contributed by atoms with Crippen molar-refractivity contribution in [3.05, 3.63) is 23.8 Å². The highest BCUT2D eigenvalue weighted by atomic mass is 32.2. The van der Waals surface area contributed by atoms with Gasteiger partial charge in [0.25, 0.3) is 0 Å². The van der Waals surface area contributed by atoms with E-state index < -0.39 is 54.6 Å². The molecule has 2 amide bonds. The lowest BCUT2D eigenvalue weighted by Gasteiger charge is -2.44. The predicted octanol–water partition coefficient (Wildman–Crippen LogP) is 1.54. The van der Waals surface area contributed by atoms with E-state index in [0.717, 1.165) is 32.1 Å². The molecule has 2 saturated heterocycles. The zero-order valence-electron chi connectivity index (χ0n) is 23.6. The van der Waals surface area contributed by atoms with Crippen molar-refractivity contribution < 1.29 is 57.1 Å². The number of ether oxygens (including phenoxy) is 7. The van der Waals surface area contributed by atoms with E-state index in [2.05, 4.69) is 5.32 Å². The van der Waals surface area contributed by atoms with Gasteiger partial charge < -0.3 is 43.4 Å². The number of nitrogens with zero attached hydrogens (tertiary/aromatic N) is 1. The Bertz CT molecular complexity index is 1150. The van der Waals surface area contributed by atoms with Crippen LogP contribution in [0.2, 0.25) is 0 Å². The number of carbonyl (C=O) groups is 5. The zero-order valence-corrected chi connectivity index (χ0v) is 24.4. The van der Waals surface area contributed by atoms with Crippen LogP contribution in [0.3, 0.4) is 0 Å². The molecule has 14 nitrogen and oxygen atoms in total. The fraction of sp³-hybridized carbons (Fsp3) is 0.577. The number of methoxy groups -OCH3 is 1. The molecule has 41 heavy (non-hydrogen) atoms. The van der Waals surface area contributed by atoms with Crippen LogP contribution in [0.25, 0.3) is 0 Å². The van der Waals surface area contributed by atoms with Gasteiger partial charge in [0.1, 0.15) is 18.1 Å². The topological polar surface area (TPSA) is 165 Å². The lowest BCUT2D eigenvalue weighted by Crippen LogP contribution is -2.63. The highest BCUT2D eigenvalue weighted by molar-refractivity contribution is 7.99. The first kappa shape index (κ1) is 31.8. The van der Waals surface area contributed by atoms with E-state index in [-0.39, 0.29) is 29.5 Å². The van der Waals surface area contributed by atoms with Crippen molar-refractivity contribution >= 4 is 41.7 Å². The fourth-order valence-electron chi connectivity index (χ4n) is 4.44. The molecule has 0 saturated carbocycles. The second-order valence-corrected chi connectivity index (χ2v) is 10.3. The van der Waals surface area contributed by atoms with Crippen molar-refractivity contribution in [3.63, 3.8) is 0 Å². The average molecular weight is 599 g/mol. The van der Waals surface area contributed by atoms with Gasteiger partial charge in [-0.25, -0.2) is 4.79 Å². The Morgan fingerprint density at radius 1 is 0.927 bits per heavy atom. The molecule has 2 aliphatic rings. The summed E-state index contributed by atoms with van der Waals surface area (Å²) >= 11 is 1.59. The second-order valence-electron chi connectivity index (χ2n) is 9.07. The summed E-state index contributed by atoms with van der Waals surface area (Å²) in [4.78, 5) is 61.6. The molecule has 1 aromatic carbocycles. The molecule has 15 heteroatoms. The third kappa shape index (κ3) is 8.16. The van der Waals surface area contributed by atoms with Crippen molar-refractivity contribution in [2.45, 2.75) is 63.8 Å². The number of amides is 2. The van der Waals surface area contributed by atoms with Gasteiger partial charge in [0.05, 0.1) is 7.11 Å². The SMILES string of the molecule is CNC(=O)N1CCS[C@H]1c1ccc(O[C@@H]2O[C@H](COC(C)=O)[C@@H](OC(C)=O)[C@H](OC(C)=O)[C@H]2OC(C)=O)c(OC)c1. The Hall–Kier alpha value is -3.72. The van der Waals surface area contributed by atoms with Crippen LogP contribution in [0.4, 0.5) is 4.79 Å². The highest BCUT2D eigenvalue weighted by Crippen LogP contribution is 2.42. The first-order valence-corrected chi connectivity index (χ1v) is 13.7. The monoisotopic (exact) mass is 598 g/mol. The smallest absolute Gasteiger partial charge is 0.318 e. The first-order chi connectivity index (χ1) is 19.4. The average Bonchev–Trinajstić information content (AvgIpc) is 3.40. The number of rotatable bonds is 9. The van der Waals surface area contributed by atoms with Gasteiger partial charge in [0.2, 0.25) is 12.4 Å². The van der Waals surface area contributed by atoms with Crippen molar-refractivity contribution in [2.24, 2.45) is 0 Å². The van der Waals surface area contributed by atoms with Crippen molar-refractivity contribution in [2.75, 3.05) is 33.1 Å². The molecule has 6 atom stereocenters. The number of carbonyl (C=O) groups excluding carboxylic acids is 5. The molecule has 2 fully saturated rings. The molecule has 1 N–H and O–H groups in total. The largest absolute Gasteiger partial charge is 0.493 e. The standard InChI is InChI=1S/C26H34N2O12S/c1-13(29)35-12-20-21(36-14(2)30)22(37-15(3)31)23(38-16(4)32)25(40-20)39-18-8-7-17(11-19(18)34-6)24-28(9-10-41-24)26(33)27-5/h7-8,11,20-25H,9-10,12H2,1-6H3,(H,27,33)/t20-,21-,22+,23-,24+,25-/m1/s1. The summed E-state index contributed by atoms with van der Waals surface area (Å²) in [5, 5.41) is 2.38. The molecule has 226 valence electrons. The summed E-state index contributed by atoms with van der Waals surface area (Å²) < 4.78 is 39.0. The van der Waals surface area contributed by atoms with E-state index in [1.165, 1.54) is 14.0 Å². The van der Waals surface area contributed by atoms with E-state index >= 15 is 0 Å². The van der Waals surface area contributed by atoms with Crippen LogP contribution in [-0.4, -0.2) is 98.6 Å². The zero-order chi connectivity index (χ0) is 30.3. The van der Waals surface area contributed by atoms with Crippen LogP contribution < -0.4 is 14.8 Å². The molecule has 0 spiro atoms. The number of hydrogen-bond donors (Lipinski definition) is 1. The molecule has 1 aromatic rings. The van der Waals surface area contributed by atoms with Crippen LogP contribution in [0.1, 0.15) is 38.6 Å². The minimum absolute atomic E-state index is 0.173. The summed E-state index contributed by atoms with van der Waals surface area (Å²) in [5.41, 5.74) is 0.779. The summed E-state index contributed by atoms with van der Waals surface area (Å²) in [6, 6.07) is 4.85. The van der Waals surface area contributed by atoms with Crippen LogP contribution >= 0.6 is 11.8 Å². The summed E-state index contributed by atoms with van der Waals surface area (Å²) in [6.07, 6.45) is -6.66. The van der Waals surface area contributed by atoms with E-state index in [1.54, 1.807) is 41.9 Å². The Balaban J connectivity index is 1.98. The maximum Gasteiger partial charge on any atom is 0.318 e. The molecular weight excluding hydrogens is 564 g/mol. The van der Waals surface area contributed by atoms with Gasteiger partial charge in [-0.15, -0.1) is 11.8 Å². The first-order valence-electron chi connectivity index (χ1n) is 12.7. The number of nitrogens with one attached hydrogen (secondary N) is 1. The van der Waals surface area contributed by atoms with Crippen molar-refractivity contribution in [3.8, 4) is 11.5 Å². The predicted molar refractivity (Wildman–Crippen MR) is 142 cm³/mol. The minimum Gasteiger partial charge on any atom is -0.493 e. The molecule has 2 heterocycles. The Labute approximate surface area is 241 Å². The quantitative estimate of drug-likeness (QED) is 0.322. The van der Waals surface area contributed by atoms with Gasteiger partial charge in [-0.05, 0) is 17.7 Å². The van der Waals surface area contributed by atoms with E-state index in [1.807, 2.05) is 0 Å². The van der Waals surface area contributed by atoms with E-state index in [9.17, 15) is 24.0 Å². The van der Waals surface area contributed by atoms with Crippen LogP contribution in [0.5, 0.6) is 11.5 Å². The number of thioether (sulfide) groups is 1. The van der Waals surface area contributed by atoms with Gasteiger partial charge >= 0.3 is 29.9 Å². The van der Waals surface area contributed by atoms with Crippen molar-refractivity contribution in [1.29, 1.82) is 0 Å². The molecule has 3 rings (SSSR count). The molecule has 0 aliphatic carbocycles. The van der Waals surface area contributed by atoms with Crippen LogP contribution in [0, 0.1) is 0 Å². The molecule has 2 aliphatic heterocycles. The molecule has 0 unspecified atom stereocenters. The van der Waals surface area contributed by atoms with Gasteiger partial charge in [0, 0.05) is 47.0 Å². The summed E-state index contributed by atoms with van der Waals surface area (Å²) in [5.74, 6) is -1.67. The molecule has 0 bridgehead atoms. The lowest BCUT2D eigenvalue weighted by molar-refractivity contribution is -0.288. The Morgan fingerprint density at radius 2 is 1.56 bits per heavy atom. The minimum atomic E-state index is -1.42. The number of benzene rings is 1. The fourth-order valence-corrected chi connectivity index (χ4v) is 5.69. The number of esters is 4. The van der Waals surface area contributed by atoms with Gasteiger partial charge in [-0.3, -0.25) is 19.2 Å².